The van der Waals surface area contributed by atoms with E-state index in [4.69, 9.17) is 0 Å². The van der Waals surface area contributed by atoms with Crippen LogP contribution in [0.5, 0.6) is 0 Å². The largest absolute Gasteiger partial charge is 0.349 e. The highest BCUT2D eigenvalue weighted by atomic mass is 79.9. The predicted octanol–water partition coefficient (Wildman–Crippen LogP) is 4.64. The summed E-state index contributed by atoms with van der Waals surface area (Å²) >= 11 is 4.87. The fourth-order valence-electron chi connectivity index (χ4n) is 2.94. The van der Waals surface area contributed by atoms with E-state index >= 15 is 0 Å². The van der Waals surface area contributed by atoms with Crippen LogP contribution in [-0.4, -0.2) is 42.9 Å². The van der Waals surface area contributed by atoms with E-state index in [1.807, 2.05) is 36.4 Å². The van der Waals surface area contributed by atoms with Gasteiger partial charge in [-0.1, -0.05) is 28.1 Å². The first kappa shape index (κ1) is 18.5. The second kappa shape index (κ2) is 8.38. The Hall–Kier alpha value is -1.31. The van der Waals surface area contributed by atoms with Gasteiger partial charge in [0, 0.05) is 28.5 Å². The van der Waals surface area contributed by atoms with E-state index in [2.05, 4.69) is 21.2 Å². The van der Waals surface area contributed by atoms with Gasteiger partial charge >= 0.3 is 0 Å². The van der Waals surface area contributed by atoms with Gasteiger partial charge in [-0.05, 0) is 42.7 Å². The quantitative estimate of drug-likeness (QED) is 0.752. The first-order valence-electron chi connectivity index (χ1n) is 8.18. The van der Waals surface area contributed by atoms with E-state index < -0.39 is 6.43 Å². The Labute approximate surface area is 158 Å². The number of rotatable bonds is 5. The number of halogens is 3. The first-order chi connectivity index (χ1) is 12.0. The molecule has 1 amide bonds. The third-order valence-corrected chi connectivity index (χ3v) is 5.94. The molecule has 0 unspecified atom stereocenters. The Balaban J connectivity index is 1.55. The molecule has 0 spiro atoms. The smallest absolute Gasteiger partial charge is 0.261 e. The summed E-state index contributed by atoms with van der Waals surface area (Å²) in [6.45, 7) is 1.02. The molecule has 134 valence electrons. The normalized spacial score (nSPS) is 16.3. The van der Waals surface area contributed by atoms with Crippen LogP contribution in [0.15, 0.2) is 40.9 Å². The van der Waals surface area contributed by atoms with Crippen molar-refractivity contribution < 1.29 is 13.6 Å². The number of nitrogens with zero attached hydrogens (tertiary/aromatic N) is 1. The lowest BCUT2D eigenvalue weighted by atomic mass is 10.1. The van der Waals surface area contributed by atoms with Gasteiger partial charge in [0.2, 0.25) is 0 Å². The lowest BCUT2D eigenvalue weighted by Gasteiger charge is -2.31. The lowest BCUT2D eigenvalue weighted by Crippen LogP contribution is -2.45. The van der Waals surface area contributed by atoms with Gasteiger partial charge in [0.1, 0.15) is 0 Å². The topological polar surface area (TPSA) is 32.3 Å². The minimum absolute atomic E-state index is 0.0552. The molecule has 0 bridgehead atoms. The molecule has 1 aliphatic heterocycles. The Bertz CT molecular complexity index is 712. The molecule has 1 fully saturated rings. The maximum absolute atomic E-state index is 12.4. The van der Waals surface area contributed by atoms with Crippen LogP contribution in [0.25, 0.3) is 10.4 Å². The molecule has 1 aromatic carbocycles. The minimum Gasteiger partial charge on any atom is -0.349 e. The number of thiophene rings is 1. The third-order valence-electron chi connectivity index (χ3n) is 4.28. The molecule has 0 aliphatic carbocycles. The highest BCUT2D eigenvalue weighted by Crippen LogP contribution is 2.29. The van der Waals surface area contributed by atoms with Gasteiger partial charge in [0.15, 0.2) is 0 Å². The maximum Gasteiger partial charge on any atom is 0.261 e. The van der Waals surface area contributed by atoms with Crippen molar-refractivity contribution in [1.29, 1.82) is 0 Å². The summed E-state index contributed by atoms with van der Waals surface area (Å²) in [5.41, 5.74) is 1.08. The average molecular weight is 429 g/mol. The van der Waals surface area contributed by atoms with Gasteiger partial charge in [-0.2, -0.15) is 0 Å². The molecular weight excluding hydrogens is 410 g/mol. The zero-order valence-electron chi connectivity index (χ0n) is 13.6. The van der Waals surface area contributed by atoms with Crippen LogP contribution < -0.4 is 5.32 Å². The van der Waals surface area contributed by atoms with Crippen molar-refractivity contribution in [3.63, 3.8) is 0 Å². The van der Waals surface area contributed by atoms with Crippen molar-refractivity contribution in [3.05, 3.63) is 45.7 Å². The molecule has 2 heterocycles. The van der Waals surface area contributed by atoms with Gasteiger partial charge in [0.25, 0.3) is 12.3 Å². The monoisotopic (exact) mass is 428 g/mol. The summed E-state index contributed by atoms with van der Waals surface area (Å²) in [5, 5.41) is 3.03. The van der Waals surface area contributed by atoms with Gasteiger partial charge in [0.05, 0.1) is 11.4 Å². The van der Waals surface area contributed by atoms with Crippen LogP contribution in [0.1, 0.15) is 22.5 Å². The molecule has 25 heavy (non-hydrogen) atoms. The molecule has 3 rings (SSSR count). The number of hydrogen-bond donors (Lipinski definition) is 1. The molecule has 1 N–H and O–H groups in total. The minimum atomic E-state index is -2.30. The summed E-state index contributed by atoms with van der Waals surface area (Å²) in [4.78, 5) is 15.9. The van der Waals surface area contributed by atoms with E-state index in [0.717, 1.165) is 14.9 Å². The summed E-state index contributed by atoms with van der Waals surface area (Å²) in [5.74, 6) is -0.0827. The highest BCUT2D eigenvalue weighted by molar-refractivity contribution is 9.10. The number of carbonyl (C=O) groups is 1. The highest BCUT2D eigenvalue weighted by Gasteiger charge is 2.23. The maximum atomic E-state index is 12.4. The summed E-state index contributed by atoms with van der Waals surface area (Å²) < 4.78 is 25.8. The van der Waals surface area contributed by atoms with Gasteiger partial charge in [-0.25, -0.2) is 8.78 Å². The van der Waals surface area contributed by atoms with E-state index in [9.17, 15) is 13.6 Å². The number of nitrogens with one attached hydrogen (secondary N) is 1. The fourth-order valence-corrected chi connectivity index (χ4v) is 4.12. The zero-order valence-corrected chi connectivity index (χ0v) is 16.0. The number of piperidine rings is 1. The molecule has 0 radical (unpaired) electrons. The van der Waals surface area contributed by atoms with Crippen LogP contribution in [0, 0.1) is 0 Å². The Kier molecular flexibility index (Phi) is 6.19. The van der Waals surface area contributed by atoms with E-state index in [0.29, 0.717) is 30.8 Å². The van der Waals surface area contributed by atoms with Crippen LogP contribution in [0.2, 0.25) is 0 Å². The Morgan fingerprint density at radius 1 is 1.20 bits per heavy atom. The van der Waals surface area contributed by atoms with Gasteiger partial charge in [-0.15, -0.1) is 11.3 Å². The van der Waals surface area contributed by atoms with Crippen molar-refractivity contribution in [2.75, 3.05) is 19.6 Å². The van der Waals surface area contributed by atoms with Crippen LogP contribution >= 0.6 is 27.3 Å². The SMILES string of the molecule is O=C(NC1CCN(CC(F)F)CC1)c1ccc(-c2ccc(Br)cc2)s1. The number of hydrogen-bond acceptors (Lipinski definition) is 3. The number of amides is 1. The van der Waals surface area contributed by atoms with Crippen molar-refractivity contribution in [2.45, 2.75) is 25.3 Å². The van der Waals surface area contributed by atoms with Crippen molar-refractivity contribution in [1.82, 2.24) is 10.2 Å². The van der Waals surface area contributed by atoms with Gasteiger partial charge < -0.3 is 5.32 Å². The molecule has 7 heteroatoms. The summed E-state index contributed by atoms with van der Waals surface area (Å²) in [6, 6.07) is 11.8. The third kappa shape index (κ3) is 5.09. The number of alkyl halides is 2. The van der Waals surface area contributed by atoms with Crippen molar-refractivity contribution >= 4 is 33.2 Å². The number of likely N-dealkylation sites (tertiary alicyclic amines) is 1. The molecule has 1 saturated heterocycles. The lowest BCUT2D eigenvalue weighted by molar-refractivity contribution is 0.0697. The first-order valence-corrected chi connectivity index (χ1v) is 9.79. The van der Waals surface area contributed by atoms with Crippen LogP contribution in [0.4, 0.5) is 8.78 Å². The molecule has 1 aromatic heterocycles. The van der Waals surface area contributed by atoms with E-state index in [1.165, 1.54) is 11.3 Å². The Morgan fingerprint density at radius 3 is 2.52 bits per heavy atom. The summed E-state index contributed by atoms with van der Waals surface area (Å²) in [7, 11) is 0. The van der Waals surface area contributed by atoms with Crippen LogP contribution in [-0.2, 0) is 0 Å². The molecule has 2 aromatic rings. The predicted molar refractivity (Wildman–Crippen MR) is 100 cm³/mol. The van der Waals surface area contributed by atoms with Gasteiger partial charge in [-0.3, -0.25) is 9.69 Å². The molecule has 1 aliphatic rings. The number of carbonyl (C=O) groups excluding carboxylic acids is 1. The second-order valence-corrected chi connectivity index (χ2v) is 8.11. The standard InChI is InChI=1S/C18H19BrF2N2OS/c19-13-3-1-12(2-4-13)15-5-6-16(25-15)18(24)22-14-7-9-23(10-8-14)11-17(20)21/h1-6,14,17H,7-11H2,(H,22,24). The molecule has 3 nitrogen and oxygen atoms in total. The molecule has 0 saturated carbocycles. The Morgan fingerprint density at radius 2 is 1.88 bits per heavy atom. The second-order valence-electron chi connectivity index (χ2n) is 6.11. The fraction of sp³-hybridized carbons (Fsp3) is 0.389. The number of benzene rings is 1. The van der Waals surface area contributed by atoms with Crippen LogP contribution in [0.3, 0.4) is 0 Å². The zero-order chi connectivity index (χ0) is 17.8. The average Bonchev–Trinajstić information content (AvgIpc) is 3.07. The van der Waals surface area contributed by atoms with Crippen molar-refractivity contribution in [3.8, 4) is 10.4 Å². The van der Waals surface area contributed by atoms with E-state index in [1.54, 1.807) is 4.90 Å². The van der Waals surface area contributed by atoms with E-state index in [-0.39, 0.29) is 18.5 Å². The molecular formula is C18H19BrF2N2OS. The van der Waals surface area contributed by atoms with Crippen molar-refractivity contribution in [2.24, 2.45) is 0 Å². The summed E-state index contributed by atoms with van der Waals surface area (Å²) in [6.07, 6.45) is -0.874. The molecule has 0 atom stereocenters.